The zero-order valence-corrected chi connectivity index (χ0v) is 10.2. The highest BCUT2D eigenvalue weighted by molar-refractivity contribution is 5.09. The molecule has 1 heterocycles. The Labute approximate surface area is 93.0 Å². The molecule has 2 nitrogen and oxygen atoms in total. The molecule has 0 radical (unpaired) electrons. The zero-order chi connectivity index (χ0) is 10.6. The van der Waals surface area contributed by atoms with Gasteiger partial charge in [-0.3, -0.25) is 0 Å². The predicted octanol–water partition coefficient (Wildman–Crippen LogP) is 2.14. The van der Waals surface area contributed by atoms with E-state index >= 15 is 0 Å². The Hall–Kier alpha value is -0.0800. The molecule has 2 heteroatoms. The summed E-state index contributed by atoms with van der Waals surface area (Å²) in [5.74, 6) is 1.77. The minimum absolute atomic E-state index is 0.540. The second-order valence-corrected chi connectivity index (χ2v) is 6.21. The summed E-state index contributed by atoms with van der Waals surface area (Å²) >= 11 is 0. The fourth-order valence-corrected chi connectivity index (χ4v) is 4.85. The SMILES string of the molecule is CO[C@H]1CC[C@@]2(C)CN(C)[C@@H]3CC[C@H]2[C@H]13. The van der Waals surface area contributed by atoms with E-state index < -0.39 is 0 Å². The Kier molecular flexibility index (Phi) is 2.16. The van der Waals surface area contributed by atoms with Crippen molar-refractivity contribution >= 4 is 0 Å². The molecule has 5 atom stereocenters. The molecule has 3 rings (SSSR count). The van der Waals surface area contributed by atoms with E-state index in [-0.39, 0.29) is 0 Å². The number of rotatable bonds is 1. The van der Waals surface area contributed by atoms with Crippen LogP contribution in [-0.2, 0) is 4.74 Å². The van der Waals surface area contributed by atoms with Gasteiger partial charge in [0.2, 0.25) is 0 Å². The fourth-order valence-electron chi connectivity index (χ4n) is 4.85. The van der Waals surface area contributed by atoms with Crippen LogP contribution in [0.5, 0.6) is 0 Å². The highest BCUT2D eigenvalue weighted by atomic mass is 16.5. The second kappa shape index (κ2) is 3.21. The minimum atomic E-state index is 0.540. The number of likely N-dealkylation sites (tertiary alicyclic amines) is 1. The van der Waals surface area contributed by atoms with Gasteiger partial charge in [0.25, 0.3) is 0 Å². The van der Waals surface area contributed by atoms with Crippen LogP contribution in [0.25, 0.3) is 0 Å². The Morgan fingerprint density at radius 3 is 2.80 bits per heavy atom. The number of hydrogen-bond donors (Lipinski definition) is 0. The van der Waals surface area contributed by atoms with Gasteiger partial charge in [0, 0.05) is 25.6 Å². The number of ether oxygens (including phenoxy) is 1. The largest absolute Gasteiger partial charge is 0.381 e. The van der Waals surface area contributed by atoms with Gasteiger partial charge in [-0.25, -0.2) is 0 Å². The van der Waals surface area contributed by atoms with Gasteiger partial charge in [0.05, 0.1) is 6.10 Å². The lowest BCUT2D eigenvalue weighted by Crippen LogP contribution is -2.58. The van der Waals surface area contributed by atoms with Crippen molar-refractivity contribution in [1.29, 1.82) is 0 Å². The smallest absolute Gasteiger partial charge is 0.0617 e. The number of hydrogen-bond acceptors (Lipinski definition) is 2. The highest BCUT2D eigenvalue weighted by Crippen LogP contribution is 2.57. The van der Waals surface area contributed by atoms with Gasteiger partial charge in [-0.15, -0.1) is 0 Å². The van der Waals surface area contributed by atoms with Crippen molar-refractivity contribution in [3.05, 3.63) is 0 Å². The Morgan fingerprint density at radius 1 is 1.27 bits per heavy atom. The lowest BCUT2D eigenvalue weighted by atomic mass is 9.60. The van der Waals surface area contributed by atoms with E-state index in [4.69, 9.17) is 4.74 Å². The Balaban J connectivity index is 1.96. The molecule has 2 aliphatic carbocycles. The molecule has 4 bridgehead atoms. The van der Waals surface area contributed by atoms with Crippen molar-refractivity contribution in [2.45, 2.75) is 44.8 Å². The third-order valence-electron chi connectivity index (χ3n) is 5.49. The van der Waals surface area contributed by atoms with Crippen LogP contribution in [0.1, 0.15) is 32.6 Å². The summed E-state index contributed by atoms with van der Waals surface area (Å²) < 4.78 is 5.72. The van der Waals surface area contributed by atoms with E-state index in [1.807, 2.05) is 7.11 Å². The third-order valence-corrected chi connectivity index (χ3v) is 5.49. The van der Waals surface area contributed by atoms with Gasteiger partial charge in [0.15, 0.2) is 0 Å². The highest BCUT2D eigenvalue weighted by Gasteiger charge is 2.57. The summed E-state index contributed by atoms with van der Waals surface area (Å²) in [5.41, 5.74) is 0.585. The first-order chi connectivity index (χ1) is 7.15. The van der Waals surface area contributed by atoms with Gasteiger partial charge in [-0.1, -0.05) is 6.92 Å². The van der Waals surface area contributed by atoms with Crippen LogP contribution in [0.4, 0.5) is 0 Å². The standard InChI is InChI=1S/C13H23NO/c1-13-7-6-11(15-3)12-9(13)4-5-10(12)14(2)8-13/h9-12H,4-8H2,1-3H3/t9-,10+,11-,12-,13-/m0/s1. The van der Waals surface area contributed by atoms with Crippen LogP contribution >= 0.6 is 0 Å². The molecular weight excluding hydrogens is 186 g/mol. The Morgan fingerprint density at radius 2 is 2.07 bits per heavy atom. The van der Waals surface area contributed by atoms with Crippen molar-refractivity contribution in [2.24, 2.45) is 17.3 Å². The fraction of sp³-hybridized carbons (Fsp3) is 1.00. The van der Waals surface area contributed by atoms with Crippen molar-refractivity contribution < 1.29 is 4.74 Å². The lowest BCUT2D eigenvalue weighted by Gasteiger charge is -2.55. The topological polar surface area (TPSA) is 12.5 Å². The van der Waals surface area contributed by atoms with Crippen LogP contribution in [0.3, 0.4) is 0 Å². The average molecular weight is 209 g/mol. The summed E-state index contributed by atoms with van der Waals surface area (Å²) in [6.07, 6.45) is 6.04. The molecule has 1 saturated heterocycles. The number of nitrogens with zero attached hydrogens (tertiary/aromatic N) is 1. The van der Waals surface area contributed by atoms with Gasteiger partial charge in [-0.2, -0.15) is 0 Å². The molecule has 3 fully saturated rings. The van der Waals surface area contributed by atoms with E-state index in [0.29, 0.717) is 11.5 Å². The van der Waals surface area contributed by atoms with Gasteiger partial charge in [-0.05, 0) is 44.1 Å². The molecule has 0 spiro atoms. The summed E-state index contributed by atoms with van der Waals surface area (Å²) in [6, 6.07) is 0.813. The lowest BCUT2D eigenvalue weighted by molar-refractivity contribution is -0.112. The minimum Gasteiger partial charge on any atom is -0.381 e. The normalized spacial score (nSPS) is 54.6. The van der Waals surface area contributed by atoms with E-state index in [2.05, 4.69) is 18.9 Å². The quantitative estimate of drug-likeness (QED) is 0.656. The monoisotopic (exact) mass is 209 g/mol. The van der Waals surface area contributed by atoms with Crippen molar-refractivity contribution in [2.75, 3.05) is 20.7 Å². The molecule has 2 saturated carbocycles. The maximum absolute atomic E-state index is 5.72. The molecule has 0 aromatic carbocycles. The van der Waals surface area contributed by atoms with E-state index in [1.54, 1.807) is 0 Å². The van der Waals surface area contributed by atoms with Gasteiger partial charge >= 0.3 is 0 Å². The van der Waals surface area contributed by atoms with E-state index in [9.17, 15) is 0 Å². The molecule has 0 amide bonds. The van der Waals surface area contributed by atoms with Crippen molar-refractivity contribution in [1.82, 2.24) is 4.90 Å². The zero-order valence-electron chi connectivity index (χ0n) is 10.2. The molecule has 3 aliphatic rings. The molecular formula is C13H23NO. The van der Waals surface area contributed by atoms with Crippen LogP contribution in [0, 0.1) is 17.3 Å². The molecule has 15 heavy (non-hydrogen) atoms. The van der Waals surface area contributed by atoms with Crippen LogP contribution < -0.4 is 0 Å². The van der Waals surface area contributed by atoms with Crippen molar-refractivity contribution in [3.8, 4) is 0 Å². The molecule has 0 unspecified atom stereocenters. The van der Waals surface area contributed by atoms with E-state index in [0.717, 1.165) is 17.9 Å². The summed E-state index contributed by atoms with van der Waals surface area (Å²) in [5, 5.41) is 0. The van der Waals surface area contributed by atoms with Crippen molar-refractivity contribution in [3.63, 3.8) is 0 Å². The predicted molar refractivity (Wildman–Crippen MR) is 60.8 cm³/mol. The first-order valence-corrected chi connectivity index (χ1v) is 6.39. The summed E-state index contributed by atoms with van der Waals surface area (Å²) in [6.45, 7) is 3.82. The maximum Gasteiger partial charge on any atom is 0.0617 e. The first kappa shape index (κ1) is 10.1. The molecule has 0 N–H and O–H groups in total. The Bertz CT molecular complexity index is 267. The van der Waals surface area contributed by atoms with Crippen LogP contribution in [-0.4, -0.2) is 37.7 Å². The van der Waals surface area contributed by atoms with Gasteiger partial charge < -0.3 is 9.64 Å². The molecule has 86 valence electrons. The molecule has 1 aliphatic heterocycles. The number of piperidine rings is 1. The number of methoxy groups -OCH3 is 1. The summed E-state index contributed by atoms with van der Waals surface area (Å²) in [7, 11) is 4.22. The first-order valence-electron chi connectivity index (χ1n) is 6.39. The molecule has 0 aromatic rings. The average Bonchev–Trinajstić information content (AvgIpc) is 2.58. The third kappa shape index (κ3) is 1.24. The summed E-state index contributed by atoms with van der Waals surface area (Å²) in [4.78, 5) is 2.61. The van der Waals surface area contributed by atoms with Gasteiger partial charge in [0.1, 0.15) is 0 Å². The molecule has 0 aromatic heterocycles. The maximum atomic E-state index is 5.72. The van der Waals surface area contributed by atoms with Crippen LogP contribution in [0.2, 0.25) is 0 Å². The second-order valence-electron chi connectivity index (χ2n) is 6.21. The van der Waals surface area contributed by atoms with Crippen LogP contribution in [0.15, 0.2) is 0 Å². The van der Waals surface area contributed by atoms with E-state index in [1.165, 1.54) is 32.2 Å².